The van der Waals surface area contributed by atoms with Crippen LogP contribution in [0.3, 0.4) is 0 Å². The van der Waals surface area contributed by atoms with Crippen molar-refractivity contribution in [2.75, 3.05) is 14.2 Å². The predicted molar refractivity (Wildman–Crippen MR) is 125 cm³/mol. The Morgan fingerprint density at radius 1 is 1.12 bits per heavy atom. The number of aromatic nitrogens is 1. The highest BCUT2D eigenvalue weighted by Crippen LogP contribution is 2.37. The molecule has 3 rings (SSSR count). The van der Waals surface area contributed by atoms with Gasteiger partial charge in [-0.05, 0) is 56.4 Å². The zero-order valence-electron chi connectivity index (χ0n) is 19.6. The van der Waals surface area contributed by atoms with Gasteiger partial charge in [-0.2, -0.15) is 0 Å². The first-order valence-electron chi connectivity index (χ1n) is 11.3. The number of carbonyl (C=O) groups excluding carboxylic acids is 1. The lowest BCUT2D eigenvalue weighted by Crippen LogP contribution is -2.16. The highest BCUT2D eigenvalue weighted by atomic mass is 16.5. The number of carboxylic acid groups (broad SMARTS) is 1. The summed E-state index contributed by atoms with van der Waals surface area (Å²) in [5.41, 5.74) is 7.64. The van der Waals surface area contributed by atoms with E-state index in [4.69, 9.17) is 15.2 Å². The van der Waals surface area contributed by atoms with Crippen LogP contribution < -0.4 is 15.2 Å². The van der Waals surface area contributed by atoms with Crippen LogP contribution in [0.25, 0.3) is 11.3 Å². The van der Waals surface area contributed by atoms with E-state index in [1.807, 2.05) is 32.0 Å². The molecular formula is C25H36N2O5. The highest BCUT2D eigenvalue weighted by Gasteiger charge is 2.23. The number of nitrogens with two attached hydrogens (primary N) is 1. The monoisotopic (exact) mass is 444 g/mol. The average molecular weight is 445 g/mol. The van der Waals surface area contributed by atoms with Gasteiger partial charge in [-0.1, -0.05) is 26.2 Å². The third kappa shape index (κ3) is 6.52. The second-order valence-corrected chi connectivity index (χ2v) is 8.23. The van der Waals surface area contributed by atoms with Crippen molar-refractivity contribution in [2.24, 2.45) is 11.7 Å². The molecule has 1 aliphatic rings. The lowest BCUT2D eigenvalue weighted by molar-refractivity contribution is -0.118. The van der Waals surface area contributed by atoms with Crippen molar-refractivity contribution < 1.29 is 24.2 Å². The highest BCUT2D eigenvalue weighted by molar-refractivity contribution is 5.91. The van der Waals surface area contributed by atoms with E-state index in [-0.39, 0.29) is 5.91 Å². The Hall–Kier alpha value is -2.96. The third-order valence-electron chi connectivity index (χ3n) is 5.94. The summed E-state index contributed by atoms with van der Waals surface area (Å²) in [7, 11) is 3.26. The van der Waals surface area contributed by atoms with Gasteiger partial charge in [-0.3, -0.25) is 4.79 Å². The van der Waals surface area contributed by atoms with Crippen LogP contribution in [0.5, 0.6) is 11.5 Å². The van der Waals surface area contributed by atoms with E-state index >= 15 is 0 Å². The van der Waals surface area contributed by atoms with Crippen LogP contribution in [-0.2, 0) is 11.3 Å². The van der Waals surface area contributed by atoms with E-state index in [0.717, 1.165) is 35.7 Å². The molecule has 1 heterocycles. The number of rotatable bonds is 8. The second-order valence-electron chi connectivity index (χ2n) is 8.23. The lowest BCUT2D eigenvalue weighted by Gasteiger charge is -2.24. The number of ether oxygens (including phenoxy) is 2. The zero-order chi connectivity index (χ0) is 23.7. The first-order valence-corrected chi connectivity index (χ1v) is 11.3. The van der Waals surface area contributed by atoms with Crippen LogP contribution in [-0.4, -0.2) is 35.8 Å². The standard InChI is InChI=1S/C21H27NO4.C4H9NO/c1-14-17(21(23)24)12-19(22(14)13-15-7-5-4-6-8-15)18-11-16(25-2)9-10-20(18)26-3;1-2-3-4(5)6/h9-12,15H,4-8,13H2,1-3H3,(H,23,24);2-3H2,1H3,(H2,5,6). The number of benzene rings is 1. The van der Waals surface area contributed by atoms with Gasteiger partial charge in [0.2, 0.25) is 5.91 Å². The molecule has 32 heavy (non-hydrogen) atoms. The smallest absolute Gasteiger partial charge is 0.337 e. The molecule has 1 saturated carbocycles. The van der Waals surface area contributed by atoms with E-state index in [1.165, 1.54) is 32.1 Å². The van der Waals surface area contributed by atoms with Crippen LogP contribution in [0.15, 0.2) is 24.3 Å². The maximum Gasteiger partial charge on any atom is 0.337 e. The number of aromatic carboxylic acids is 1. The fourth-order valence-corrected chi connectivity index (χ4v) is 4.21. The molecule has 2 aromatic rings. The predicted octanol–water partition coefficient (Wildman–Crippen LogP) is 5.03. The Labute approximate surface area is 190 Å². The molecule has 176 valence electrons. The van der Waals surface area contributed by atoms with Gasteiger partial charge in [0.05, 0.1) is 25.5 Å². The zero-order valence-corrected chi connectivity index (χ0v) is 19.6. The quantitative estimate of drug-likeness (QED) is 0.594. The summed E-state index contributed by atoms with van der Waals surface area (Å²) in [4.78, 5) is 21.5. The first kappa shape index (κ1) is 25.3. The van der Waals surface area contributed by atoms with E-state index in [1.54, 1.807) is 20.3 Å². The largest absolute Gasteiger partial charge is 0.497 e. The van der Waals surface area contributed by atoms with Crippen molar-refractivity contribution in [1.82, 2.24) is 4.57 Å². The van der Waals surface area contributed by atoms with Crippen LogP contribution in [0.4, 0.5) is 0 Å². The Morgan fingerprint density at radius 2 is 1.81 bits per heavy atom. The molecule has 1 fully saturated rings. The average Bonchev–Trinajstić information content (AvgIpc) is 3.10. The molecule has 0 bridgehead atoms. The maximum absolute atomic E-state index is 11.7. The minimum absolute atomic E-state index is 0.211. The molecule has 0 saturated heterocycles. The Balaban J connectivity index is 0.000000534. The fraction of sp³-hybridized carbons (Fsp3) is 0.520. The molecule has 0 spiro atoms. The van der Waals surface area contributed by atoms with E-state index in [2.05, 4.69) is 4.57 Å². The van der Waals surface area contributed by atoms with Crippen LogP contribution >= 0.6 is 0 Å². The lowest BCUT2D eigenvalue weighted by atomic mass is 9.89. The Bertz CT molecular complexity index is 913. The van der Waals surface area contributed by atoms with Gasteiger partial charge in [0, 0.05) is 24.2 Å². The maximum atomic E-state index is 11.7. The summed E-state index contributed by atoms with van der Waals surface area (Å²) in [5, 5.41) is 9.61. The Morgan fingerprint density at radius 3 is 2.31 bits per heavy atom. The molecule has 3 N–H and O–H groups in total. The number of carboxylic acids is 1. The molecule has 1 amide bonds. The normalized spacial score (nSPS) is 13.8. The van der Waals surface area contributed by atoms with Crippen molar-refractivity contribution in [3.63, 3.8) is 0 Å². The molecule has 1 aromatic heterocycles. The minimum atomic E-state index is -0.895. The van der Waals surface area contributed by atoms with Gasteiger partial charge in [-0.15, -0.1) is 0 Å². The number of hydrogen-bond donors (Lipinski definition) is 2. The van der Waals surface area contributed by atoms with Crippen molar-refractivity contribution in [3.05, 3.63) is 35.5 Å². The van der Waals surface area contributed by atoms with Gasteiger partial charge in [0.25, 0.3) is 0 Å². The van der Waals surface area contributed by atoms with Gasteiger partial charge < -0.3 is 24.9 Å². The molecular weight excluding hydrogens is 408 g/mol. The number of methoxy groups -OCH3 is 2. The summed E-state index contributed by atoms with van der Waals surface area (Å²) in [6.07, 6.45) is 7.60. The summed E-state index contributed by atoms with van der Waals surface area (Å²) in [6, 6.07) is 7.39. The van der Waals surface area contributed by atoms with E-state index in [0.29, 0.717) is 23.7 Å². The molecule has 0 unspecified atom stereocenters. The number of amides is 1. The number of hydrogen-bond acceptors (Lipinski definition) is 4. The van der Waals surface area contributed by atoms with Gasteiger partial charge in [0.1, 0.15) is 11.5 Å². The minimum Gasteiger partial charge on any atom is -0.497 e. The summed E-state index contributed by atoms with van der Waals surface area (Å²) in [5.74, 6) is 0.920. The number of nitrogens with zero attached hydrogens (tertiary/aromatic N) is 1. The molecule has 7 heteroatoms. The molecule has 1 aliphatic carbocycles. The second kappa shape index (κ2) is 12.2. The number of primary amides is 1. The van der Waals surface area contributed by atoms with Gasteiger partial charge in [0.15, 0.2) is 0 Å². The van der Waals surface area contributed by atoms with Crippen molar-refractivity contribution in [3.8, 4) is 22.8 Å². The summed E-state index contributed by atoms with van der Waals surface area (Å²) in [6.45, 7) is 4.65. The fourth-order valence-electron chi connectivity index (χ4n) is 4.21. The van der Waals surface area contributed by atoms with Gasteiger partial charge >= 0.3 is 5.97 Å². The van der Waals surface area contributed by atoms with Gasteiger partial charge in [-0.25, -0.2) is 4.79 Å². The Kier molecular flexibility index (Phi) is 9.62. The summed E-state index contributed by atoms with van der Waals surface area (Å²) < 4.78 is 13.1. The van der Waals surface area contributed by atoms with Crippen LogP contribution in [0.2, 0.25) is 0 Å². The molecule has 0 aliphatic heterocycles. The molecule has 0 atom stereocenters. The van der Waals surface area contributed by atoms with E-state index in [9.17, 15) is 14.7 Å². The van der Waals surface area contributed by atoms with Crippen LogP contribution in [0.1, 0.15) is 67.9 Å². The molecule has 0 radical (unpaired) electrons. The third-order valence-corrected chi connectivity index (χ3v) is 5.94. The topological polar surface area (TPSA) is 104 Å². The van der Waals surface area contributed by atoms with Crippen LogP contribution in [0, 0.1) is 12.8 Å². The SMILES string of the molecule is CCCC(N)=O.COc1ccc(OC)c(-c2cc(C(=O)O)c(C)n2CC2CCCCC2)c1. The molecule has 7 nitrogen and oxygen atoms in total. The number of carbonyl (C=O) groups is 2. The van der Waals surface area contributed by atoms with Crippen molar-refractivity contribution >= 4 is 11.9 Å². The summed E-state index contributed by atoms with van der Waals surface area (Å²) >= 11 is 0. The first-order chi connectivity index (χ1) is 15.3. The molecule has 1 aromatic carbocycles. The van der Waals surface area contributed by atoms with Crippen molar-refractivity contribution in [1.29, 1.82) is 0 Å². The van der Waals surface area contributed by atoms with E-state index < -0.39 is 5.97 Å². The van der Waals surface area contributed by atoms with Crippen molar-refractivity contribution in [2.45, 2.75) is 65.3 Å².